The maximum atomic E-state index is 9.73. The largest absolute Gasteiger partial charge is 0.494 e. The van der Waals surface area contributed by atoms with Crippen LogP contribution in [0, 0.1) is 0 Å². The molecule has 0 aliphatic heterocycles. The predicted molar refractivity (Wildman–Crippen MR) is 59.1 cm³/mol. The van der Waals surface area contributed by atoms with Gasteiger partial charge in [0, 0.05) is 12.5 Å². The summed E-state index contributed by atoms with van der Waals surface area (Å²) < 4.78 is 1.77. The van der Waals surface area contributed by atoms with E-state index in [9.17, 15) is 5.11 Å². The summed E-state index contributed by atoms with van der Waals surface area (Å²) in [6, 6.07) is 5.76. The first kappa shape index (κ1) is 9.98. The molecule has 1 atom stereocenters. The quantitative estimate of drug-likeness (QED) is 0.791. The summed E-state index contributed by atoms with van der Waals surface area (Å²) in [5.74, 6) is 1.12. The zero-order valence-corrected chi connectivity index (χ0v) is 8.94. The van der Waals surface area contributed by atoms with Crippen LogP contribution < -0.4 is 5.32 Å². The van der Waals surface area contributed by atoms with Gasteiger partial charge in [-0.2, -0.15) is 0 Å². The first-order valence-corrected chi connectivity index (χ1v) is 5.04. The number of likely N-dealkylation sites (N-methyl/N-ethyl adjacent to an activating group) is 1. The van der Waals surface area contributed by atoms with Crippen molar-refractivity contribution in [3.63, 3.8) is 0 Å². The average Bonchev–Trinajstić information content (AvgIpc) is 2.63. The molecule has 0 saturated heterocycles. The Morgan fingerprint density at radius 1 is 1.53 bits per heavy atom. The van der Waals surface area contributed by atoms with E-state index >= 15 is 0 Å². The molecule has 0 spiro atoms. The molecule has 2 aromatic heterocycles. The fourth-order valence-electron chi connectivity index (χ4n) is 1.61. The smallest absolute Gasteiger partial charge is 0.197 e. The number of pyridine rings is 1. The Labute approximate surface area is 88.6 Å². The number of hydrogen-bond acceptors (Lipinski definition) is 3. The van der Waals surface area contributed by atoms with Crippen molar-refractivity contribution < 1.29 is 5.11 Å². The van der Waals surface area contributed by atoms with E-state index in [4.69, 9.17) is 0 Å². The highest BCUT2D eigenvalue weighted by Gasteiger charge is 2.09. The van der Waals surface area contributed by atoms with Gasteiger partial charge in [-0.25, -0.2) is 4.98 Å². The minimum atomic E-state index is 0.239. The summed E-state index contributed by atoms with van der Waals surface area (Å²) in [5, 5.41) is 12.9. The maximum absolute atomic E-state index is 9.73. The van der Waals surface area contributed by atoms with Crippen LogP contribution >= 0.6 is 0 Å². The monoisotopic (exact) mass is 205 g/mol. The number of nitrogens with one attached hydrogen (secondary N) is 1. The Morgan fingerprint density at radius 3 is 3.07 bits per heavy atom. The standard InChI is InChI=1S/C11H15N3O/c1-8(12-2)6-10-13-7-9-4-3-5-11(15)14(9)10/h3-5,7-8,12,15H,6H2,1-2H3. The second-order valence-electron chi connectivity index (χ2n) is 3.71. The highest BCUT2D eigenvalue weighted by atomic mass is 16.3. The molecule has 4 heteroatoms. The van der Waals surface area contributed by atoms with E-state index in [1.54, 1.807) is 16.7 Å². The van der Waals surface area contributed by atoms with Gasteiger partial charge in [-0.05, 0) is 26.1 Å². The molecule has 0 aliphatic carbocycles. The van der Waals surface area contributed by atoms with Crippen LogP contribution in [0.1, 0.15) is 12.7 Å². The van der Waals surface area contributed by atoms with Crippen molar-refractivity contribution in [1.29, 1.82) is 0 Å². The third-order valence-electron chi connectivity index (χ3n) is 2.59. The molecular formula is C11H15N3O. The van der Waals surface area contributed by atoms with Gasteiger partial charge in [-0.3, -0.25) is 4.40 Å². The molecule has 0 aliphatic rings. The predicted octanol–water partition coefficient (Wildman–Crippen LogP) is 1.19. The summed E-state index contributed by atoms with van der Waals surface area (Å²) in [6.45, 7) is 2.08. The molecule has 0 amide bonds. The number of aromatic hydroxyl groups is 1. The minimum absolute atomic E-state index is 0.239. The van der Waals surface area contributed by atoms with Gasteiger partial charge in [0.1, 0.15) is 5.82 Å². The van der Waals surface area contributed by atoms with E-state index in [1.807, 2.05) is 19.2 Å². The van der Waals surface area contributed by atoms with Gasteiger partial charge in [0.2, 0.25) is 0 Å². The minimum Gasteiger partial charge on any atom is -0.494 e. The summed E-state index contributed by atoms with van der Waals surface area (Å²) in [6.07, 6.45) is 2.57. The zero-order valence-electron chi connectivity index (χ0n) is 8.94. The van der Waals surface area contributed by atoms with E-state index in [-0.39, 0.29) is 5.88 Å². The molecular weight excluding hydrogens is 190 g/mol. The summed E-state index contributed by atoms with van der Waals surface area (Å²) in [5.41, 5.74) is 0.924. The van der Waals surface area contributed by atoms with Gasteiger partial charge < -0.3 is 10.4 Å². The van der Waals surface area contributed by atoms with Crippen molar-refractivity contribution in [2.24, 2.45) is 0 Å². The third kappa shape index (κ3) is 1.80. The summed E-state index contributed by atoms with van der Waals surface area (Å²) in [4.78, 5) is 4.31. The molecule has 2 heterocycles. The van der Waals surface area contributed by atoms with E-state index < -0.39 is 0 Å². The number of nitrogens with zero attached hydrogens (tertiary/aromatic N) is 2. The normalized spacial score (nSPS) is 13.2. The van der Waals surface area contributed by atoms with Crippen molar-refractivity contribution in [2.45, 2.75) is 19.4 Å². The third-order valence-corrected chi connectivity index (χ3v) is 2.59. The van der Waals surface area contributed by atoms with Crippen LogP contribution in [-0.2, 0) is 6.42 Å². The lowest BCUT2D eigenvalue weighted by atomic mass is 10.2. The molecule has 0 aromatic carbocycles. The number of hydrogen-bond donors (Lipinski definition) is 2. The Bertz CT molecular complexity index is 464. The SMILES string of the molecule is CNC(C)Cc1ncc2cccc(O)n12. The Hall–Kier alpha value is -1.55. The highest BCUT2D eigenvalue weighted by Crippen LogP contribution is 2.16. The Kier molecular flexibility index (Phi) is 2.60. The fraction of sp³-hybridized carbons (Fsp3) is 0.364. The molecule has 1 unspecified atom stereocenters. The van der Waals surface area contributed by atoms with Crippen molar-refractivity contribution in [3.8, 4) is 5.88 Å². The van der Waals surface area contributed by atoms with Gasteiger partial charge in [-0.1, -0.05) is 6.07 Å². The van der Waals surface area contributed by atoms with Crippen LogP contribution in [0.4, 0.5) is 0 Å². The fourth-order valence-corrected chi connectivity index (χ4v) is 1.61. The molecule has 0 saturated carbocycles. The van der Waals surface area contributed by atoms with Crippen LogP contribution in [0.25, 0.3) is 5.52 Å². The highest BCUT2D eigenvalue weighted by molar-refractivity contribution is 5.48. The summed E-state index contributed by atoms with van der Waals surface area (Å²) >= 11 is 0. The molecule has 15 heavy (non-hydrogen) atoms. The van der Waals surface area contributed by atoms with Gasteiger partial charge >= 0.3 is 0 Å². The van der Waals surface area contributed by atoms with Crippen molar-refractivity contribution >= 4 is 5.52 Å². The lowest BCUT2D eigenvalue weighted by molar-refractivity contribution is 0.440. The van der Waals surface area contributed by atoms with E-state index in [0.29, 0.717) is 6.04 Å². The lowest BCUT2D eigenvalue weighted by Gasteiger charge is -2.09. The van der Waals surface area contributed by atoms with Gasteiger partial charge in [0.05, 0.1) is 11.7 Å². The Balaban J connectivity index is 2.43. The maximum Gasteiger partial charge on any atom is 0.197 e. The summed E-state index contributed by atoms with van der Waals surface area (Å²) in [7, 11) is 1.92. The zero-order chi connectivity index (χ0) is 10.8. The first-order valence-electron chi connectivity index (χ1n) is 5.04. The van der Waals surface area contributed by atoms with Gasteiger partial charge in [0.15, 0.2) is 5.88 Å². The van der Waals surface area contributed by atoms with E-state index in [2.05, 4.69) is 17.2 Å². The molecule has 2 rings (SSSR count). The lowest BCUT2D eigenvalue weighted by Crippen LogP contribution is -2.24. The van der Waals surface area contributed by atoms with Crippen LogP contribution in [0.2, 0.25) is 0 Å². The molecule has 0 bridgehead atoms. The number of imidazole rings is 1. The van der Waals surface area contributed by atoms with Crippen molar-refractivity contribution in [1.82, 2.24) is 14.7 Å². The molecule has 0 fully saturated rings. The van der Waals surface area contributed by atoms with E-state index in [0.717, 1.165) is 17.8 Å². The molecule has 80 valence electrons. The first-order chi connectivity index (χ1) is 7.22. The molecule has 0 radical (unpaired) electrons. The van der Waals surface area contributed by atoms with Crippen LogP contribution in [0.3, 0.4) is 0 Å². The van der Waals surface area contributed by atoms with Crippen LogP contribution in [0.5, 0.6) is 5.88 Å². The van der Waals surface area contributed by atoms with Crippen molar-refractivity contribution in [2.75, 3.05) is 7.05 Å². The molecule has 2 N–H and O–H groups in total. The number of rotatable bonds is 3. The molecule has 2 aromatic rings. The number of aromatic nitrogens is 2. The van der Waals surface area contributed by atoms with Gasteiger partial charge in [-0.15, -0.1) is 0 Å². The topological polar surface area (TPSA) is 49.6 Å². The Morgan fingerprint density at radius 2 is 2.33 bits per heavy atom. The van der Waals surface area contributed by atoms with Crippen LogP contribution in [-0.4, -0.2) is 27.6 Å². The van der Waals surface area contributed by atoms with Gasteiger partial charge in [0.25, 0.3) is 0 Å². The van der Waals surface area contributed by atoms with Crippen LogP contribution in [0.15, 0.2) is 24.4 Å². The number of fused-ring (bicyclic) bond motifs is 1. The average molecular weight is 205 g/mol. The second-order valence-corrected chi connectivity index (χ2v) is 3.71. The van der Waals surface area contributed by atoms with Crippen molar-refractivity contribution in [3.05, 3.63) is 30.2 Å². The molecule has 4 nitrogen and oxygen atoms in total. The van der Waals surface area contributed by atoms with E-state index in [1.165, 1.54) is 0 Å². The second kappa shape index (κ2) is 3.90.